The topological polar surface area (TPSA) is 95.2 Å². The predicted molar refractivity (Wildman–Crippen MR) is 112 cm³/mol. The summed E-state index contributed by atoms with van der Waals surface area (Å²) < 4.78 is 27.7. The molecule has 1 fully saturated rings. The molecule has 0 bridgehead atoms. The summed E-state index contributed by atoms with van der Waals surface area (Å²) >= 11 is 0. The third kappa shape index (κ3) is 4.04. The highest BCUT2D eigenvalue weighted by Crippen LogP contribution is 2.27. The van der Waals surface area contributed by atoms with E-state index in [1.165, 1.54) is 16.4 Å². The fourth-order valence-electron chi connectivity index (χ4n) is 3.94. The Bertz CT molecular complexity index is 1110. The number of piperidine rings is 1. The molecule has 152 valence electrons. The quantitative estimate of drug-likeness (QED) is 0.686. The number of imidazole rings is 1. The van der Waals surface area contributed by atoms with Gasteiger partial charge in [-0.3, -0.25) is 10.1 Å². The number of fused-ring (bicyclic) bond motifs is 1. The number of hydrogen-bond donors (Lipinski definition) is 2. The number of benzene rings is 2. The number of nitrogens with one attached hydrogen (secondary N) is 2. The minimum Gasteiger partial charge on any atom is -0.324 e. The first kappa shape index (κ1) is 19.6. The Morgan fingerprint density at radius 1 is 1.10 bits per heavy atom. The van der Waals surface area contributed by atoms with E-state index in [4.69, 9.17) is 0 Å². The molecule has 3 aromatic rings. The maximum absolute atomic E-state index is 13.1. The van der Waals surface area contributed by atoms with E-state index in [0.29, 0.717) is 30.9 Å². The Balaban J connectivity index is 1.56. The van der Waals surface area contributed by atoms with Crippen LogP contribution in [0.25, 0.3) is 11.0 Å². The molecule has 0 saturated carbocycles. The highest BCUT2D eigenvalue weighted by atomic mass is 32.2. The van der Waals surface area contributed by atoms with Crippen molar-refractivity contribution in [1.29, 1.82) is 0 Å². The van der Waals surface area contributed by atoms with Crippen molar-refractivity contribution in [2.24, 2.45) is 11.8 Å². The predicted octanol–water partition coefficient (Wildman–Crippen LogP) is 3.48. The normalized spacial score (nSPS) is 20.6. The van der Waals surface area contributed by atoms with Crippen LogP contribution < -0.4 is 5.32 Å². The van der Waals surface area contributed by atoms with Crippen molar-refractivity contribution >= 4 is 32.9 Å². The van der Waals surface area contributed by atoms with Crippen LogP contribution in [0, 0.1) is 11.8 Å². The minimum atomic E-state index is -3.65. The van der Waals surface area contributed by atoms with Crippen LogP contribution >= 0.6 is 0 Å². The molecule has 1 aliphatic heterocycles. The summed E-state index contributed by atoms with van der Waals surface area (Å²) in [5.41, 5.74) is 1.82. The van der Waals surface area contributed by atoms with Crippen molar-refractivity contribution < 1.29 is 13.2 Å². The van der Waals surface area contributed by atoms with E-state index in [-0.39, 0.29) is 10.5 Å². The molecule has 2 aromatic carbocycles. The molecule has 0 radical (unpaired) electrons. The number of amides is 1. The molecule has 1 saturated heterocycles. The monoisotopic (exact) mass is 412 g/mol. The van der Waals surface area contributed by atoms with Gasteiger partial charge < -0.3 is 4.98 Å². The molecule has 1 amide bonds. The maximum atomic E-state index is 13.1. The van der Waals surface area contributed by atoms with Gasteiger partial charge >= 0.3 is 0 Å². The van der Waals surface area contributed by atoms with E-state index in [1.807, 2.05) is 24.3 Å². The van der Waals surface area contributed by atoms with Crippen molar-refractivity contribution in [2.45, 2.75) is 25.2 Å². The second-order valence-electron chi connectivity index (χ2n) is 7.85. The van der Waals surface area contributed by atoms with E-state index < -0.39 is 15.9 Å². The number of aromatic nitrogens is 2. The van der Waals surface area contributed by atoms with Gasteiger partial charge in [-0.15, -0.1) is 0 Å². The largest absolute Gasteiger partial charge is 0.324 e. The van der Waals surface area contributed by atoms with Gasteiger partial charge in [-0.2, -0.15) is 4.31 Å². The smallest absolute Gasteiger partial charge is 0.258 e. The highest BCUT2D eigenvalue weighted by molar-refractivity contribution is 7.89. The molecule has 4 rings (SSSR count). The zero-order valence-corrected chi connectivity index (χ0v) is 17.2. The lowest BCUT2D eigenvalue weighted by atomic mass is 9.94. The summed E-state index contributed by atoms with van der Waals surface area (Å²) in [7, 11) is -3.65. The molecule has 2 unspecified atom stereocenters. The Morgan fingerprint density at radius 2 is 1.83 bits per heavy atom. The van der Waals surface area contributed by atoms with Crippen LogP contribution in [-0.4, -0.2) is 41.7 Å². The summed E-state index contributed by atoms with van der Waals surface area (Å²) in [6.45, 7) is 5.13. The average Bonchev–Trinajstić information content (AvgIpc) is 3.09. The van der Waals surface area contributed by atoms with Crippen LogP contribution in [0.4, 0.5) is 5.95 Å². The Morgan fingerprint density at radius 3 is 2.55 bits per heavy atom. The SMILES string of the molecule is CC1CC(C)CN(S(=O)(=O)c2cccc(C(=O)Nc3nc4ccccc4[nH]3)c2)C1. The molecular weight excluding hydrogens is 388 g/mol. The Hall–Kier alpha value is -2.71. The molecule has 8 heteroatoms. The van der Waals surface area contributed by atoms with Gasteiger partial charge in [-0.25, -0.2) is 13.4 Å². The van der Waals surface area contributed by atoms with Gasteiger partial charge in [-0.1, -0.05) is 32.0 Å². The van der Waals surface area contributed by atoms with E-state index in [9.17, 15) is 13.2 Å². The number of carbonyl (C=O) groups is 1. The van der Waals surface area contributed by atoms with Crippen molar-refractivity contribution in [3.8, 4) is 0 Å². The molecule has 29 heavy (non-hydrogen) atoms. The second-order valence-corrected chi connectivity index (χ2v) is 9.79. The van der Waals surface area contributed by atoms with Crippen molar-refractivity contribution in [2.75, 3.05) is 18.4 Å². The number of H-pyrrole nitrogens is 1. The molecule has 7 nitrogen and oxygen atoms in total. The molecule has 2 N–H and O–H groups in total. The lowest BCUT2D eigenvalue weighted by Gasteiger charge is -2.34. The van der Waals surface area contributed by atoms with Crippen LogP contribution in [0.3, 0.4) is 0 Å². The standard InChI is InChI=1S/C21H24N4O3S/c1-14-10-15(2)13-25(12-14)29(27,28)17-7-5-6-16(11-17)20(26)24-21-22-18-8-3-4-9-19(18)23-21/h3-9,11,14-15H,10,12-13H2,1-2H3,(H2,22,23,24,26). The lowest BCUT2D eigenvalue weighted by molar-refractivity contribution is 0.102. The molecular formula is C21H24N4O3S. The van der Waals surface area contributed by atoms with Crippen molar-refractivity contribution in [3.63, 3.8) is 0 Å². The fourth-order valence-corrected chi connectivity index (χ4v) is 5.67. The highest BCUT2D eigenvalue weighted by Gasteiger charge is 2.32. The van der Waals surface area contributed by atoms with Gasteiger partial charge in [-0.05, 0) is 48.6 Å². The number of nitrogens with zero attached hydrogens (tertiary/aromatic N) is 2. The second kappa shape index (κ2) is 7.61. The van der Waals surface area contributed by atoms with E-state index in [2.05, 4.69) is 29.1 Å². The maximum Gasteiger partial charge on any atom is 0.258 e. The average molecular weight is 413 g/mol. The number of anilines is 1. The summed E-state index contributed by atoms with van der Waals surface area (Å²) in [4.78, 5) is 20.2. The van der Waals surface area contributed by atoms with Gasteiger partial charge in [0.1, 0.15) is 0 Å². The number of aromatic amines is 1. The van der Waals surface area contributed by atoms with Crippen LogP contribution in [-0.2, 0) is 10.0 Å². The first-order valence-corrected chi connectivity index (χ1v) is 11.1. The third-order valence-electron chi connectivity index (χ3n) is 5.19. The first-order chi connectivity index (χ1) is 13.8. The van der Waals surface area contributed by atoms with Gasteiger partial charge in [0.25, 0.3) is 5.91 Å². The lowest BCUT2D eigenvalue weighted by Crippen LogP contribution is -2.42. The van der Waals surface area contributed by atoms with Gasteiger partial charge in [0.15, 0.2) is 0 Å². The third-order valence-corrected chi connectivity index (χ3v) is 7.02. The fraction of sp³-hybridized carbons (Fsp3) is 0.333. The molecule has 1 aliphatic rings. The van der Waals surface area contributed by atoms with E-state index in [1.54, 1.807) is 12.1 Å². The molecule has 2 atom stereocenters. The summed E-state index contributed by atoms with van der Waals surface area (Å²) in [5.74, 6) is 0.533. The zero-order valence-electron chi connectivity index (χ0n) is 16.4. The van der Waals surface area contributed by atoms with E-state index in [0.717, 1.165) is 17.5 Å². The number of carbonyl (C=O) groups excluding carboxylic acids is 1. The Labute approximate surface area is 170 Å². The minimum absolute atomic E-state index is 0.135. The molecule has 1 aromatic heterocycles. The van der Waals surface area contributed by atoms with Crippen LogP contribution in [0.15, 0.2) is 53.4 Å². The number of sulfonamides is 1. The summed E-state index contributed by atoms with van der Waals surface area (Å²) in [6.07, 6.45) is 1.02. The number of para-hydroxylation sites is 2. The first-order valence-electron chi connectivity index (χ1n) is 9.69. The summed E-state index contributed by atoms with van der Waals surface area (Å²) in [6, 6.07) is 13.6. The molecule has 0 aliphatic carbocycles. The van der Waals surface area contributed by atoms with Gasteiger partial charge in [0.05, 0.1) is 15.9 Å². The van der Waals surface area contributed by atoms with Crippen LogP contribution in [0.1, 0.15) is 30.6 Å². The van der Waals surface area contributed by atoms with Crippen molar-refractivity contribution in [1.82, 2.24) is 14.3 Å². The zero-order chi connectivity index (χ0) is 20.6. The van der Waals surface area contributed by atoms with Crippen molar-refractivity contribution in [3.05, 3.63) is 54.1 Å². The molecule has 2 heterocycles. The van der Waals surface area contributed by atoms with Gasteiger partial charge in [0.2, 0.25) is 16.0 Å². The number of hydrogen-bond acceptors (Lipinski definition) is 4. The van der Waals surface area contributed by atoms with Gasteiger partial charge in [0, 0.05) is 18.7 Å². The Kier molecular flexibility index (Phi) is 5.14. The van der Waals surface area contributed by atoms with E-state index >= 15 is 0 Å². The summed E-state index contributed by atoms with van der Waals surface area (Å²) in [5, 5.41) is 2.71. The van der Waals surface area contributed by atoms with Crippen LogP contribution in [0.2, 0.25) is 0 Å². The molecule has 0 spiro atoms. The number of rotatable bonds is 4. The van der Waals surface area contributed by atoms with Crippen LogP contribution in [0.5, 0.6) is 0 Å².